The molecule has 38 heavy (non-hydrogen) atoms. The van der Waals surface area contributed by atoms with Crippen molar-refractivity contribution in [2.75, 3.05) is 51.3 Å². The molecule has 3 heterocycles. The topological polar surface area (TPSA) is 100 Å². The second-order valence-electron chi connectivity index (χ2n) is 9.77. The normalized spacial score (nSPS) is 18.5. The van der Waals surface area contributed by atoms with Gasteiger partial charge in [-0.25, -0.2) is 8.42 Å². The number of carbonyl (C=O) groups is 2. The van der Waals surface area contributed by atoms with E-state index in [1.54, 1.807) is 47.6 Å². The minimum Gasteiger partial charge on any atom is -0.469 e. The number of nitrogens with zero attached hydrogens (tertiary/aromatic N) is 4. The summed E-state index contributed by atoms with van der Waals surface area (Å²) in [4.78, 5) is 34.1. The van der Waals surface area contributed by atoms with Gasteiger partial charge in [-0.3, -0.25) is 14.6 Å². The van der Waals surface area contributed by atoms with E-state index in [1.807, 2.05) is 12.1 Å². The number of halogens is 1. The van der Waals surface area contributed by atoms with Gasteiger partial charge < -0.3 is 14.5 Å². The molecule has 0 saturated carbocycles. The lowest BCUT2D eigenvalue weighted by Gasteiger charge is -2.44. The monoisotopic (exact) mass is 556 g/mol. The van der Waals surface area contributed by atoms with Gasteiger partial charge in [0.15, 0.2) is 0 Å². The molecule has 2 aliphatic heterocycles. The van der Waals surface area contributed by atoms with Crippen molar-refractivity contribution in [1.29, 1.82) is 0 Å². The van der Waals surface area contributed by atoms with Crippen molar-refractivity contribution in [2.45, 2.75) is 17.7 Å². The van der Waals surface area contributed by atoms with Crippen LogP contribution in [0.1, 0.15) is 12.8 Å². The zero-order valence-corrected chi connectivity index (χ0v) is 22.6. The van der Waals surface area contributed by atoms with Crippen LogP contribution in [0, 0.1) is 5.41 Å². The zero-order chi connectivity index (χ0) is 26.9. The number of hydrogen-bond acceptors (Lipinski definition) is 7. The molecule has 0 unspecified atom stereocenters. The number of hydrogen-bond donors (Lipinski definition) is 0. The Morgan fingerprint density at radius 2 is 1.68 bits per heavy atom. The second-order valence-corrected chi connectivity index (χ2v) is 12.1. The van der Waals surface area contributed by atoms with Gasteiger partial charge in [-0.1, -0.05) is 23.7 Å². The first-order chi connectivity index (χ1) is 18.2. The molecule has 5 rings (SSSR count). The Bertz CT molecular complexity index is 1460. The fraction of sp³-hybridized carbons (Fsp3) is 0.370. The molecule has 2 aliphatic rings. The van der Waals surface area contributed by atoms with Crippen molar-refractivity contribution in [1.82, 2.24) is 14.2 Å². The number of pyridine rings is 1. The van der Waals surface area contributed by atoms with E-state index in [1.165, 1.54) is 17.5 Å². The lowest BCUT2D eigenvalue weighted by atomic mass is 9.77. The van der Waals surface area contributed by atoms with Crippen molar-refractivity contribution < 1.29 is 22.7 Å². The first kappa shape index (κ1) is 26.4. The molecule has 0 bridgehead atoms. The second kappa shape index (κ2) is 10.5. The van der Waals surface area contributed by atoms with Gasteiger partial charge in [0.2, 0.25) is 15.9 Å². The lowest BCUT2D eigenvalue weighted by Crippen LogP contribution is -2.57. The summed E-state index contributed by atoms with van der Waals surface area (Å²) in [6, 6.07) is 14.0. The highest BCUT2D eigenvalue weighted by Gasteiger charge is 2.46. The summed E-state index contributed by atoms with van der Waals surface area (Å²) in [6.45, 7) is 1.54. The molecule has 2 aromatic carbocycles. The molecule has 0 N–H and O–H groups in total. The van der Waals surface area contributed by atoms with Crippen LogP contribution in [0.3, 0.4) is 0 Å². The van der Waals surface area contributed by atoms with Crippen LogP contribution in [0.15, 0.2) is 65.8 Å². The van der Waals surface area contributed by atoms with E-state index in [0.717, 1.165) is 16.5 Å². The number of carbonyl (C=O) groups excluding carboxylic acids is 2. The maximum Gasteiger partial charge on any atom is 0.313 e. The van der Waals surface area contributed by atoms with Crippen molar-refractivity contribution in [3.63, 3.8) is 0 Å². The number of esters is 1. The average molecular weight is 557 g/mol. The van der Waals surface area contributed by atoms with Gasteiger partial charge in [0.25, 0.3) is 0 Å². The number of fused-ring (bicyclic) bond motifs is 1. The SMILES string of the molecule is COC(=O)C1(CN2CCN(S(=O)(=O)c3ccc4cc(Cl)ccc4c3)CC2=O)CCN(c2ccncc2)CC1. The molecule has 9 nitrogen and oxygen atoms in total. The molecule has 3 aromatic rings. The molecular formula is C27H29ClN4O5S. The van der Waals surface area contributed by atoms with E-state index in [9.17, 15) is 18.0 Å². The highest BCUT2D eigenvalue weighted by atomic mass is 35.5. The van der Waals surface area contributed by atoms with E-state index in [-0.39, 0.29) is 43.0 Å². The number of benzene rings is 2. The number of piperazine rings is 1. The Kier molecular flexibility index (Phi) is 7.30. The van der Waals surface area contributed by atoms with Crippen LogP contribution in [0.4, 0.5) is 5.69 Å². The summed E-state index contributed by atoms with van der Waals surface area (Å²) in [7, 11) is -2.51. The molecule has 0 radical (unpaired) electrons. The summed E-state index contributed by atoms with van der Waals surface area (Å²) >= 11 is 6.04. The molecule has 0 spiro atoms. The van der Waals surface area contributed by atoms with E-state index in [2.05, 4.69) is 9.88 Å². The van der Waals surface area contributed by atoms with Crippen molar-refractivity contribution in [3.05, 3.63) is 65.9 Å². The molecule has 1 amide bonds. The maximum atomic E-state index is 13.4. The van der Waals surface area contributed by atoms with E-state index in [4.69, 9.17) is 16.3 Å². The number of anilines is 1. The summed E-state index contributed by atoms with van der Waals surface area (Å²) in [5, 5.41) is 2.15. The van der Waals surface area contributed by atoms with Crippen LogP contribution in [0.2, 0.25) is 5.02 Å². The standard InChI is InChI=1S/C27H29ClN4O5S/c1-37-26(34)27(8-12-30(13-9-27)23-6-10-29-11-7-23)19-31-14-15-32(18-25(31)33)38(35,36)24-5-3-20-16-22(28)4-2-21(20)17-24/h2-7,10-11,16-17H,8-9,12-15,18-19H2,1H3. The lowest BCUT2D eigenvalue weighted by molar-refractivity contribution is -0.157. The van der Waals surface area contributed by atoms with Crippen LogP contribution in [-0.4, -0.2) is 80.9 Å². The minimum absolute atomic E-state index is 0.128. The number of methoxy groups -OCH3 is 1. The van der Waals surface area contributed by atoms with Gasteiger partial charge in [0.1, 0.15) is 0 Å². The molecule has 11 heteroatoms. The third kappa shape index (κ3) is 5.08. The number of aromatic nitrogens is 1. The van der Waals surface area contributed by atoms with E-state index < -0.39 is 15.4 Å². The molecular weight excluding hydrogens is 528 g/mol. The van der Waals surface area contributed by atoms with E-state index >= 15 is 0 Å². The average Bonchev–Trinajstić information content (AvgIpc) is 2.94. The molecule has 2 fully saturated rings. The quantitative estimate of drug-likeness (QED) is 0.430. The Morgan fingerprint density at radius 1 is 1.00 bits per heavy atom. The highest BCUT2D eigenvalue weighted by molar-refractivity contribution is 7.89. The van der Waals surface area contributed by atoms with Gasteiger partial charge in [0, 0.05) is 55.8 Å². The van der Waals surface area contributed by atoms with Gasteiger partial charge in [-0.05, 0) is 60.0 Å². The molecule has 2 saturated heterocycles. The van der Waals surface area contributed by atoms with Crippen LogP contribution in [0.5, 0.6) is 0 Å². The fourth-order valence-corrected chi connectivity index (χ4v) is 6.92. The Hall–Kier alpha value is -3.21. The van der Waals surface area contributed by atoms with Crippen LogP contribution >= 0.6 is 11.6 Å². The largest absolute Gasteiger partial charge is 0.469 e. The number of sulfonamides is 1. The van der Waals surface area contributed by atoms with Gasteiger partial charge in [0.05, 0.1) is 24.0 Å². The van der Waals surface area contributed by atoms with Gasteiger partial charge in [-0.2, -0.15) is 4.31 Å². The summed E-state index contributed by atoms with van der Waals surface area (Å²) in [5.74, 6) is -0.668. The van der Waals surface area contributed by atoms with Crippen molar-refractivity contribution in [2.24, 2.45) is 5.41 Å². The molecule has 200 valence electrons. The predicted octanol–water partition coefficient (Wildman–Crippen LogP) is 3.18. The fourth-order valence-electron chi connectivity index (χ4n) is 5.32. The minimum atomic E-state index is -3.88. The number of rotatable bonds is 6. The first-order valence-electron chi connectivity index (χ1n) is 12.4. The smallest absolute Gasteiger partial charge is 0.313 e. The zero-order valence-electron chi connectivity index (χ0n) is 21.0. The number of ether oxygens (including phenoxy) is 1. The Morgan fingerprint density at radius 3 is 2.37 bits per heavy atom. The maximum absolute atomic E-state index is 13.4. The van der Waals surface area contributed by atoms with Crippen molar-refractivity contribution >= 4 is 50.0 Å². The molecule has 0 atom stereocenters. The van der Waals surface area contributed by atoms with Crippen LogP contribution < -0.4 is 4.90 Å². The number of piperidine rings is 1. The number of amides is 1. The highest BCUT2D eigenvalue weighted by Crippen LogP contribution is 2.36. The van der Waals surface area contributed by atoms with E-state index in [0.29, 0.717) is 31.0 Å². The summed E-state index contributed by atoms with van der Waals surface area (Å²) in [5.41, 5.74) is 0.194. The van der Waals surface area contributed by atoms with Gasteiger partial charge >= 0.3 is 5.97 Å². The van der Waals surface area contributed by atoms with Gasteiger partial charge in [-0.15, -0.1) is 0 Å². The van der Waals surface area contributed by atoms with Crippen LogP contribution in [0.25, 0.3) is 10.8 Å². The third-order valence-electron chi connectivity index (χ3n) is 7.56. The summed E-state index contributed by atoms with van der Waals surface area (Å²) < 4.78 is 33.1. The first-order valence-corrected chi connectivity index (χ1v) is 14.2. The Balaban J connectivity index is 1.28. The van der Waals surface area contributed by atoms with Crippen molar-refractivity contribution in [3.8, 4) is 0 Å². The Labute approximate surface area is 227 Å². The molecule has 1 aromatic heterocycles. The molecule has 0 aliphatic carbocycles. The third-order valence-corrected chi connectivity index (χ3v) is 9.63. The summed E-state index contributed by atoms with van der Waals surface area (Å²) in [6.07, 6.45) is 4.51. The predicted molar refractivity (Wildman–Crippen MR) is 144 cm³/mol. The van der Waals surface area contributed by atoms with Crippen LogP contribution in [-0.2, 0) is 24.3 Å².